The van der Waals surface area contributed by atoms with Crippen molar-refractivity contribution in [1.29, 1.82) is 0 Å². The van der Waals surface area contributed by atoms with Gasteiger partial charge < -0.3 is 15.4 Å². The van der Waals surface area contributed by atoms with Gasteiger partial charge in [-0.3, -0.25) is 0 Å². The molecule has 0 unspecified atom stereocenters. The number of pyridine rings is 1. The Morgan fingerprint density at radius 3 is 3.12 bits per heavy atom. The maximum Gasteiger partial charge on any atom is 0.133 e. The molecule has 0 saturated carbocycles. The second kappa shape index (κ2) is 5.27. The van der Waals surface area contributed by atoms with E-state index < -0.39 is 0 Å². The maximum atomic E-state index is 5.80. The van der Waals surface area contributed by atoms with Crippen LogP contribution < -0.4 is 10.6 Å². The second-order valence-corrected chi connectivity index (χ2v) is 4.09. The van der Waals surface area contributed by atoms with Crippen LogP contribution >= 0.6 is 0 Å². The minimum Gasteiger partial charge on any atom is -0.380 e. The standard InChI is InChI=1S/C12H19N3O/c1-10-3-4-14-12(11(10)9-13)15-5-2-7-16-8-6-15/h3-4H,2,5-9,13H2,1H3. The highest BCUT2D eigenvalue weighted by atomic mass is 16.5. The van der Waals surface area contributed by atoms with Gasteiger partial charge in [0, 0.05) is 38.0 Å². The third kappa shape index (κ3) is 2.33. The first-order valence-corrected chi connectivity index (χ1v) is 5.80. The van der Waals surface area contributed by atoms with Crippen molar-refractivity contribution in [3.8, 4) is 0 Å². The van der Waals surface area contributed by atoms with Crippen molar-refractivity contribution in [3.05, 3.63) is 23.4 Å². The number of nitrogens with zero attached hydrogens (tertiary/aromatic N) is 2. The van der Waals surface area contributed by atoms with E-state index in [1.54, 1.807) is 0 Å². The van der Waals surface area contributed by atoms with Gasteiger partial charge in [-0.2, -0.15) is 0 Å². The fraction of sp³-hybridized carbons (Fsp3) is 0.583. The van der Waals surface area contributed by atoms with Crippen LogP contribution in [-0.4, -0.2) is 31.3 Å². The molecule has 0 atom stereocenters. The molecule has 1 aliphatic heterocycles. The average Bonchev–Trinajstić information content (AvgIpc) is 2.57. The summed E-state index contributed by atoms with van der Waals surface area (Å²) in [5.74, 6) is 1.04. The van der Waals surface area contributed by atoms with Gasteiger partial charge in [0.2, 0.25) is 0 Å². The van der Waals surface area contributed by atoms with Gasteiger partial charge in [-0.1, -0.05) is 0 Å². The van der Waals surface area contributed by atoms with Gasteiger partial charge in [0.15, 0.2) is 0 Å². The van der Waals surface area contributed by atoms with Crippen LogP contribution in [0, 0.1) is 6.92 Å². The summed E-state index contributed by atoms with van der Waals surface area (Å²) in [5.41, 5.74) is 8.18. The van der Waals surface area contributed by atoms with Crippen LogP contribution in [0.1, 0.15) is 17.5 Å². The Morgan fingerprint density at radius 1 is 1.44 bits per heavy atom. The van der Waals surface area contributed by atoms with Crippen molar-refractivity contribution in [2.45, 2.75) is 19.9 Å². The van der Waals surface area contributed by atoms with Gasteiger partial charge in [-0.25, -0.2) is 4.98 Å². The molecular weight excluding hydrogens is 202 g/mol. The van der Waals surface area contributed by atoms with E-state index in [0.29, 0.717) is 6.54 Å². The molecule has 1 aliphatic rings. The quantitative estimate of drug-likeness (QED) is 0.811. The van der Waals surface area contributed by atoms with Crippen LogP contribution in [-0.2, 0) is 11.3 Å². The van der Waals surface area contributed by atoms with Crippen LogP contribution in [0.5, 0.6) is 0 Å². The number of hydrogen-bond donors (Lipinski definition) is 1. The highest BCUT2D eigenvalue weighted by Gasteiger charge is 2.15. The number of aryl methyl sites for hydroxylation is 1. The molecule has 1 aromatic rings. The van der Waals surface area contributed by atoms with Gasteiger partial charge in [-0.15, -0.1) is 0 Å². The van der Waals surface area contributed by atoms with E-state index in [1.807, 2.05) is 12.3 Å². The molecular formula is C12H19N3O. The van der Waals surface area contributed by atoms with Crippen molar-refractivity contribution in [2.24, 2.45) is 5.73 Å². The first kappa shape index (κ1) is 11.4. The van der Waals surface area contributed by atoms with Gasteiger partial charge in [0.05, 0.1) is 6.61 Å². The topological polar surface area (TPSA) is 51.4 Å². The number of anilines is 1. The molecule has 0 aromatic carbocycles. The Hall–Kier alpha value is -1.13. The molecule has 0 aliphatic carbocycles. The molecule has 0 amide bonds. The minimum absolute atomic E-state index is 0.548. The number of aromatic nitrogens is 1. The SMILES string of the molecule is Cc1ccnc(N2CCCOCC2)c1CN. The van der Waals surface area contributed by atoms with Crippen LogP contribution in [0.2, 0.25) is 0 Å². The normalized spacial score (nSPS) is 17.2. The molecule has 0 radical (unpaired) electrons. The van der Waals surface area contributed by atoms with Crippen molar-refractivity contribution >= 4 is 5.82 Å². The summed E-state index contributed by atoms with van der Waals surface area (Å²) in [7, 11) is 0. The summed E-state index contributed by atoms with van der Waals surface area (Å²) < 4.78 is 5.45. The second-order valence-electron chi connectivity index (χ2n) is 4.09. The van der Waals surface area contributed by atoms with Gasteiger partial charge in [-0.05, 0) is 25.0 Å². The Morgan fingerprint density at radius 2 is 2.31 bits per heavy atom. The largest absolute Gasteiger partial charge is 0.380 e. The van der Waals surface area contributed by atoms with Crippen LogP contribution in [0.4, 0.5) is 5.82 Å². The molecule has 0 spiro atoms. The van der Waals surface area contributed by atoms with Crippen molar-refractivity contribution in [1.82, 2.24) is 4.98 Å². The number of nitrogens with two attached hydrogens (primary N) is 1. The van der Waals surface area contributed by atoms with E-state index in [9.17, 15) is 0 Å². The Labute approximate surface area is 96.4 Å². The molecule has 1 saturated heterocycles. The maximum absolute atomic E-state index is 5.80. The summed E-state index contributed by atoms with van der Waals surface area (Å²) in [5, 5.41) is 0. The molecule has 2 rings (SSSR count). The summed E-state index contributed by atoms with van der Waals surface area (Å²) in [6.45, 7) is 6.17. The lowest BCUT2D eigenvalue weighted by Gasteiger charge is -2.24. The third-order valence-electron chi connectivity index (χ3n) is 2.99. The Bertz CT molecular complexity index is 346. The molecule has 4 heteroatoms. The smallest absolute Gasteiger partial charge is 0.133 e. The fourth-order valence-electron chi connectivity index (χ4n) is 2.06. The van der Waals surface area contributed by atoms with Gasteiger partial charge in [0.1, 0.15) is 5.82 Å². The minimum atomic E-state index is 0.548. The zero-order valence-corrected chi connectivity index (χ0v) is 9.78. The number of rotatable bonds is 2. The van der Waals surface area contributed by atoms with Crippen molar-refractivity contribution in [3.63, 3.8) is 0 Å². The lowest BCUT2D eigenvalue weighted by molar-refractivity contribution is 0.152. The molecule has 16 heavy (non-hydrogen) atoms. The van der Waals surface area contributed by atoms with E-state index in [2.05, 4.69) is 16.8 Å². The zero-order chi connectivity index (χ0) is 11.4. The third-order valence-corrected chi connectivity index (χ3v) is 2.99. The number of hydrogen-bond acceptors (Lipinski definition) is 4. The first-order chi connectivity index (χ1) is 7.83. The highest BCUT2D eigenvalue weighted by molar-refractivity contribution is 5.50. The van der Waals surface area contributed by atoms with Gasteiger partial charge >= 0.3 is 0 Å². The summed E-state index contributed by atoms with van der Waals surface area (Å²) in [6.07, 6.45) is 2.91. The van der Waals surface area contributed by atoms with E-state index in [-0.39, 0.29) is 0 Å². The van der Waals surface area contributed by atoms with E-state index in [0.717, 1.165) is 44.1 Å². The van der Waals surface area contributed by atoms with E-state index in [4.69, 9.17) is 10.5 Å². The van der Waals surface area contributed by atoms with Gasteiger partial charge in [0.25, 0.3) is 0 Å². The number of ether oxygens (including phenoxy) is 1. The fourth-order valence-corrected chi connectivity index (χ4v) is 2.06. The lowest BCUT2D eigenvalue weighted by atomic mass is 10.1. The predicted molar refractivity (Wildman–Crippen MR) is 64.5 cm³/mol. The lowest BCUT2D eigenvalue weighted by Crippen LogP contribution is -2.28. The molecule has 1 fully saturated rings. The predicted octanol–water partition coefficient (Wildman–Crippen LogP) is 1.08. The molecule has 2 heterocycles. The van der Waals surface area contributed by atoms with Crippen molar-refractivity contribution in [2.75, 3.05) is 31.2 Å². The summed E-state index contributed by atoms with van der Waals surface area (Å²) >= 11 is 0. The molecule has 1 aromatic heterocycles. The summed E-state index contributed by atoms with van der Waals surface area (Å²) in [4.78, 5) is 6.75. The monoisotopic (exact) mass is 221 g/mol. The zero-order valence-electron chi connectivity index (χ0n) is 9.78. The summed E-state index contributed by atoms with van der Waals surface area (Å²) in [6, 6.07) is 2.01. The average molecular weight is 221 g/mol. The molecule has 2 N–H and O–H groups in total. The van der Waals surface area contributed by atoms with Crippen molar-refractivity contribution < 1.29 is 4.74 Å². The molecule has 0 bridgehead atoms. The first-order valence-electron chi connectivity index (χ1n) is 5.80. The van der Waals surface area contributed by atoms with Crippen LogP contribution in [0.25, 0.3) is 0 Å². The van der Waals surface area contributed by atoms with E-state index >= 15 is 0 Å². The molecule has 4 nitrogen and oxygen atoms in total. The highest BCUT2D eigenvalue weighted by Crippen LogP contribution is 2.21. The molecule has 88 valence electrons. The Balaban J connectivity index is 2.27. The van der Waals surface area contributed by atoms with E-state index in [1.165, 1.54) is 5.56 Å². The van der Waals surface area contributed by atoms with Crippen LogP contribution in [0.15, 0.2) is 12.3 Å². The van der Waals surface area contributed by atoms with Crippen LogP contribution in [0.3, 0.4) is 0 Å². The Kier molecular flexibility index (Phi) is 3.74.